The normalized spacial score (nSPS) is 10.3. The largest absolute Gasteiger partial charge is 0.468 e. The first-order valence-electron chi connectivity index (χ1n) is 6.39. The second-order valence-electron chi connectivity index (χ2n) is 4.46. The SMILES string of the molecule is Brc1ccc(-c2ccc(CNCc3ccco3)o2)cc1.Cl. The Bertz CT molecular complexity index is 662. The Morgan fingerprint density at radius 2 is 1.67 bits per heavy atom. The van der Waals surface area contributed by atoms with Gasteiger partial charge in [-0.25, -0.2) is 0 Å². The zero-order chi connectivity index (χ0) is 13.8. The third kappa shape index (κ3) is 4.24. The van der Waals surface area contributed by atoms with Crippen LogP contribution in [0.3, 0.4) is 0 Å². The van der Waals surface area contributed by atoms with Crippen molar-refractivity contribution in [2.75, 3.05) is 0 Å². The van der Waals surface area contributed by atoms with E-state index >= 15 is 0 Å². The van der Waals surface area contributed by atoms with E-state index in [-0.39, 0.29) is 12.4 Å². The van der Waals surface area contributed by atoms with E-state index in [1.54, 1.807) is 6.26 Å². The maximum absolute atomic E-state index is 5.82. The summed E-state index contributed by atoms with van der Waals surface area (Å²) in [6.07, 6.45) is 1.68. The number of nitrogens with one attached hydrogen (secondary N) is 1. The molecule has 2 aromatic heterocycles. The highest BCUT2D eigenvalue weighted by Crippen LogP contribution is 2.23. The third-order valence-corrected chi connectivity index (χ3v) is 3.50. The Balaban J connectivity index is 0.00000161. The van der Waals surface area contributed by atoms with Crippen LogP contribution in [0.2, 0.25) is 0 Å². The molecule has 1 N–H and O–H groups in total. The molecule has 5 heteroatoms. The van der Waals surface area contributed by atoms with Crippen molar-refractivity contribution in [3.05, 3.63) is 70.8 Å². The van der Waals surface area contributed by atoms with Crippen molar-refractivity contribution in [2.45, 2.75) is 13.1 Å². The van der Waals surface area contributed by atoms with Crippen LogP contribution >= 0.6 is 28.3 Å². The molecule has 0 fully saturated rings. The molecule has 0 saturated heterocycles. The number of halogens is 2. The summed E-state index contributed by atoms with van der Waals surface area (Å²) >= 11 is 3.43. The highest BCUT2D eigenvalue weighted by Gasteiger charge is 2.05. The predicted octanol–water partition coefficient (Wildman–Crippen LogP) is 5.01. The van der Waals surface area contributed by atoms with Gasteiger partial charge in [-0.2, -0.15) is 0 Å². The molecule has 0 amide bonds. The molecule has 3 aromatic rings. The molecule has 1 aromatic carbocycles. The molecule has 0 bridgehead atoms. The highest BCUT2D eigenvalue weighted by molar-refractivity contribution is 9.10. The van der Waals surface area contributed by atoms with Crippen molar-refractivity contribution < 1.29 is 8.83 Å². The van der Waals surface area contributed by atoms with Crippen molar-refractivity contribution >= 4 is 28.3 Å². The molecule has 0 unspecified atom stereocenters. The summed E-state index contributed by atoms with van der Waals surface area (Å²) in [6, 6.07) is 15.9. The van der Waals surface area contributed by atoms with Crippen LogP contribution in [-0.2, 0) is 13.1 Å². The lowest BCUT2D eigenvalue weighted by Gasteiger charge is -2.00. The summed E-state index contributed by atoms with van der Waals surface area (Å²) in [7, 11) is 0. The fourth-order valence-electron chi connectivity index (χ4n) is 1.96. The summed E-state index contributed by atoms with van der Waals surface area (Å²) in [5.74, 6) is 2.71. The molecule has 0 aliphatic heterocycles. The molecule has 2 heterocycles. The first-order valence-corrected chi connectivity index (χ1v) is 7.18. The molecule has 0 aliphatic carbocycles. The zero-order valence-corrected chi connectivity index (χ0v) is 13.6. The standard InChI is InChI=1S/C16H14BrNO2.ClH/c17-13-5-3-12(4-6-13)16-8-7-15(20-16)11-18-10-14-2-1-9-19-14;/h1-9,18H,10-11H2;1H. The number of hydrogen-bond acceptors (Lipinski definition) is 3. The van der Waals surface area contributed by atoms with Gasteiger partial charge in [-0.15, -0.1) is 12.4 Å². The summed E-state index contributed by atoms with van der Waals surface area (Å²) in [5, 5.41) is 3.28. The second kappa shape index (κ2) is 7.50. The van der Waals surface area contributed by atoms with E-state index in [0.29, 0.717) is 13.1 Å². The average molecular weight is 369 g/mol. The topological polar surface area (TPSA) is 38.3 Å². The van der Waals surface area contributed by atoms with E-state index in [4.69, 9.17) is 8.83 Å². The number of furan rings is 2. The van der Waals surface area contributed by atoms with E-state index < -0.39 is 0 Å². The predicted molar refractivity (Wildman–Crippen MR) is 88.3 cm³/mol. The molecule has 0 saturated carbocycles. The molecule has 0 aliphatic rings. The lowest BCUT2D eigenvalue weighted by atomic mass is 10.2. The minimum absolute atomic E-state index is 0. The first-order chi connectivity index (χ1) is 9.81. The van der Waals surface area contributed by atoms with Crippen LogP contribution in [-0.4, -0.2) is 0 Å². The third-order valence-electron chi connectivity index (χ3n) is 2.97. The molecular weight excluding hydrogens is 354 g/mol. The van der Waals surface area contributed by atoms with Gasteiger partial charge in [0, 0.05) is 10.0 Å². The smallest absolute Gasteiger partial charge is 0.134 e. The van der Waals surface area contributed by atoms with Crippen LogP contribution in [0.15, 0.2) is 68.1 Å². The van der Waals surface area contributed by atoms with E-state index in [0.717, 1.165) is 27.3 Å². The van der Waals surface area contributed by atoms with Crippen molar-refractivity contribution in [3.8, 4) is 11.3 Å². The Kier molecular flexibility index (Phi) is 5.67. The minimum atomic E-state index is 0. The fourth-order valence-corrected chi connectivity index (χ4v) is 2.23. The quantitative estimate of drug-likeness (QED) is 0.687. The van der Waals surface area contributed by atoms with Gasteiger partial charge < -0.3 is 14.2 Å². The Morgan fingerprint density at radius 3 is 2.38 bits per heavy atom. The fraction of sp³-hybridized carbons (Fsp3) is 0.125. The molecular formula is C16H15BrClNO2. The van der Waals surface area contributed by atoms with E-state index in [1.807, 2.05) is 48.5 Å². The van der Waals surface area contributed by atoms with Crippen LogP contribution in [0, 0.1) is 0 Å². The minimum Gasteiger partial charge on any atom is -0.468 e. The summed E-state index contributed by atoms with van der Waals surface area (Å²) < 4.78 is 12.1. The van der Waals surface area contributed by atoms with E-state index in [2.05, 4.69) is 21.2 Å². The molecule has 21 heavy (non-hydrogen) atoms. The lowest BCUT2D eigenvalue weighted by molar-refractivity contribution is 0.455. The Morgan fingerprint density at radius 1 is 0.905 bits per heavy atom. The monoisotopic (exact) mass is 367 g/mol. The number of hydrogen-bond donors (Lipinski definition) is 1. The van der Waals surface area contributed by atoms with Gasteiger partial charge >= 0.3 is 0 Å². The van der Waals surface area contributed by atoms with Crippen LogP contribution in [0.1, 0.15) is 11.5 Å². The first kappa shape index (κ1) is 15.9. The van der Waals surface area contributed by atoms with Crippen molar-refractivity contribution in [1.82, 2.24) is 5.32 Å². The van der Waals surface area contributed by atoms with Crippen LogP contribution in [0.25, 0.3) is 11.3 Å². The molecule has 3 rings (SSSR count). The second-order valence-corrected chi connectivity index (χ2v) is 5.37. The van der Waals surface area contributed by atoms with Crippen molar-refractivity contribution in [3.63, 3.8) is 0 Å². The van der Waals surface area contributed by atoms with Gasteiger partial charge in [0.15, 0.2) is 0 Å². The average Bonchev–Trinajstić information content (AvgIpc) is 3.11. The summed E-state index contributed by atoms with van der Waals surface area (Å²) in [5.41, 5.74) is 1.07. The maximum atomic E-state index is 5.82. The van der Waals surface area contributed by atoms with Crippen LogP contribution in [0.5, 0.6) is 0 Å². The Labute approximate surface area is 137 Å². The van der Waals surface area contributed by atoms with Gasteiger partial charge in [-0.1, -0.05) is 28.1 Å². The maximum Gasteiger partial charge on any atom is 0.134 e. The van der Waals surface area contributed by atoms with Gasteiger partial charge in [0.2, 0.25) is 0 Å². The summed E-state index contributed by atoms with van der Waals surface area (Å²) in [6.45, 7) is 1.37. The van der Waals surface area contributed by atoms with Gasteiger partial charge in [-0.05, 0) is 36.4 Å². The van der Waals surface area contributed by atoms with Gasteiger partial charge in [0.1, 0.15) is 17.3 Å². The van der Waals surface area contributed by atoms with Crippen molar-refractivity contribution in [1.29, 1.82) is 0 Å². The van der Waals surface area contributed by atoms with E-state index in [1.165, 1.54) is 0 Å². The zero-order valence-electron chi connectivity index (χ0n) is 11.2. The van der Waals surface area contributed by atoms with Crippen molar-refractivity contribution in [2.24, 2.45) is 0 Å². The Hall–Kier alpha value is -1.49. The molecule has 0 radical (unpaired) electrons. The van der Waals surface area contributed by atoms with Crippen LogP contribution < -0.4 is 5.32 Å². The molecule has 110 valence electrons. The van der Waals surface area contributed by atoms with E-state index in [9.17, 15) is 0 Å². The molecule has 0 atom stereocenters. The molecule has 0 spiro atoms. The highest BCUT2D eigenvalue weighted by atomic mass is 79.9. The lowest BCUT2D eigenvalue weighted by Crippen LogP contribution is -2.11. The summed E-state index contributed by atoms with van der Waals surface area (Å²) in [4.78, 5) is 0. The number of rotatable bonds is 5. The molecule has 3 nitrogen and oxygen atoms in total. The van der Waals surface area contributed by atoms with Gasteiger partial charge in [0.25, 0.3) is 0 Å². The number of benzene rings is 1. The van der Waals surface area contributed by atoms with Crippen LogP contribution in [0.4, 0.5) is 0 Å². The van der Waals surface area contributed by atoms with Gasteiger partial charge in [0.05, 0.1) is 19.4 Å². The van der Waals surface area contributed by atoms with Gasteiger partial charge in [-0.3, -0.25) is 0 Å².